The van der Waals surface area contributed by atoms with Gasteiger partial charge in [-0.15, -0.1) is 4.91 Å². The lowest BCUT2D eigenvalue weighted by Crippen LogP contribution is -2.33. The monoisotopic (exact) mass is 409 g/mol. The molecule has 0 spiro atoms. The molecule has 0 N–H and O–H groups in total. The van der Waals surface area contributed by atoms with Crippen LogP contribution in [0.4, 0.5) is 5.69 Å². The van der Waals surface area contributed by atoms with Crippen LogP contribution in [0, 0.1) is 4.91 Å². The van der Waals surface area contributed by atoms with Crippen molar-refractivity contribution in [1.82, 2.24) is 0 Å². The molecule has 0 amide bonds. The maximum Gasteiger partial charge on any atom is 0.129 e. The molecule has 5 heteroatoms. The molecule has 2 aliphatic heterocycles. The van der Waals surface area contributed by atoms with Crippen molar-refractivity contribution in [3.8, 4) is 17.2 Å². The van der Waals surface area contributed by atoms with Crippen LogP contribution in [0.1, 0.15) is 69.1 Å². The van der Waals surface area contributed by atoms with Crippen molar-refractivity contribution in [2.75, 3.05) is 13.2 Å². The molecule has 2 aromatic rings. The fourth-order valence-electron chi connectivity index (χ4n) is 4.39. The molecule has 5 nitrogen and oxygen atoms in total. The SMILES string of the molecule is CCCCCOc1ccc(C2COc3c(ccc4c3CCC(C)(C)O4)C2)c(N=O)c1. The minimum Gasteiger partial charge on any atom is -0.494 e. The second-order valence-corrected chi connectivity index (χ2v) is 8.97. The van der Waals surface area contributed by atoms with Gasteiger partial charge < -0.3 is 14.2 Å². The molecule has 2 aromatic carbocycles. The first-order valence-electron chi connectivity index (χ1n) is 11.1. The molecule has 0 fully saturated rings. The molecule has 0 saturated heterocycles. The molecule has 2 heterocycles. The zero-order valence-corrected chi connectivity index (χ0v) is 18.2. The van der Waals surface area contributed by atoms with E-state index in [1.165, 1.54) is 11.1 Å². The predicted molar refractivity (Wildman–Crippen MR) is 118 cm³/mol. The number of benzene rings is 2. The van der Waals surface area contributed by atoms with Crippen molar-refractivity contribution in [3.63, 3.8) is 0 Å². The third-order valence-corrected chi connectivity index (χ3v) is 6.11. The van der Waals surface area contributed by atoms with Crippen LogP contribution in [-0.4, -0.2) is 18.8 Å². The van der Waals surface area contributed by atoms with Crippen molar-refractivity contribution in [2.45, 2.75) is 70.8 Å². The van der Waals surface area contributed by atoms with Crippen LogP contribution in [-0.2, 0) is 12.8 Å². The van der Waals surface area contributed by atoms with E-state index in [1.807, 2.05) is 12.1 Å². The van der Waals surface area contributed by atoms with Gasteiger partial charge in [0, 0.05) is 17.5 Å². The fraction of sp³-hybridized carbons (Fsp3) is 0.520. The van der Waals surface area contributed by atoms with E-state index < -0.39 is 0 Å². The van der Waals surface area contributed by atoms with E-state index in [9.17, 15) is 4.91 Å². The van der Waals surface area contributed by atoms with Gasteiger partial charge in [0.2, 0.25) is 0 Å². The zero-order chi connectivity index (χ0) is 21.1. The van der Waals surface area contributed by atoms with Gasteiger partial charge in [-0.1, -0.05) is 31.9 Å². The van der Waals surface area contributed by atoms with Gasteiger partial charge in [0.1, 0.15) is 28.5 Å². The highest BCUT2D eigenvalue weighted by molar-refractivity contribution is 5.56. The van der Waals surface area contributed by atoms with Gasteiger partial charge in [0.15, 0.2) is 0 Å². The smallest absolute Gasteiger partial charge is 0.129 e. The summed E-state index contributed by atoms with van der Waals surface area (Å²) in [5, 5.41) is 3.29. The summed E-state index contributed by atoms with van der Waals surface area (Å²) in [5.74, 6) is 2.70. The average molecular weight is 410 g/mol. The summed E-state index contributed by atoms with van der Waals surface area (Å²) in [7, 11) is 0. The molecule has 4 rings (SSSR count). The van der Waals surface area contributed by atoms with Gasteiger partial charge in [-0.25, -0.2) is 0 Å². The van der Waals surface area contributed by atoms with E-state index in [4.69, 9.17) is 14.2 Å². The molecular weight excluding hydrogens is 378 g/mol. The van der Waals surface area contributed by atoms with E-state index in [2.05, 4.69) is 38.1 Å². The maximum atomic E-state index is 11.5. The minimum atomic E-state index is -0.136. The maximum absolute atomic E-state index is 11.5. The highest BCUT2D eigenvalue weighted by Crippen LogP contribution is 2.45. The van der Waals surface area contributed by atoms with Crippen molar-refractivity contribution in [2.24, 2.45) is 5.18 Å². The fourth-order valence-corrected chi connectivity index (χ4v) is 4.39. The summed E-state index contributed by atoms with van der Waals surface area (Å²) >= 11 is 0. The number of hydrogen-bond donors (Lipinski definition) is 0. The topological polar surface area (TPSA) is 57.1 Å². The lowest BCUT2D eigenvalue weighted by atomic mass is 9.86. The molecule has 0 aromatic heterocycles. The molecular formula is C25H31NO4. The Morgan fingerprint density at radius 1 is 1.20 bits per heavy atom. The summed E-state index contributed by atoms with van der Waals surface area (Å²) in [4.78, 5) is 11.5. The molecule has 0 radical (unpaired) electrons. The van der Waals surface area contributed by atoms with Crippen LogP contribution in [0.3, 0.4) is 0 Å². The summed E-state index contributed by atoms with van der Waals surface area (Å²) in [5.41, 5.74) is 3.58. The van der Waals surface area contributed by atoms with E-state index in [-0.39, 0.29) is 11.5 Å². The molecule has 2 aliphatic rings. The van der Waals surface area contributed by atoms with E-state index in [0.717, 1.165) is 55.6 Å². The first-order valence-corrected chi connectivity index (χ1v) is 11.1. The highest BCUT2D eigenvalue weighted by Gasteiger charge is 2.32. The number of fused-ring (bicyclic) bond motifs is 3. The van der Waals surface area contributed by atoms with Crippen LogP contribution < -0.4 is 14.2 Å². The predicted octanol–water partition coefficient (Wildman–Crippen LogP) is 6.48. The second-order valence-electron chi connectivity index (χ2n) is 8.97. The number of unbranched alkanes of at least 4 members (excludes halogenated alkanes) is 2. The Kier molecular flexibility index (Phi) is 5.98. The molecule has 1 unspecified atom stereocenters. The molecule has 0 bridgehead atoms. The Bertz CT molecular complexity index is 922. The van der Waals surface area contributed by atoms with Crippen LogP contribution in [0.2, 0.25) is 0 Å². The minimum absolute atomic E-state index is 0.0957. The van der Waals surface area contributed by atoms with Crippen molar-refractivity contribution in [3.05, 3.63) is 51.9 Å². The standard InChI is InChI=1S/C25H31NO4/c1-4-5-6-13-28-19-8-9-20(22(15-19)26-27)18-14-17-7-10-23-21(24(17)29-16-18)11-12-25(2,3)30-23/h7-10,15,18H,4-6,11-14,16H2,1-3H3. The average Bonchev–Trinajstić information content (AvgIpc) is 2.75. The van der Waals surface area contributed by atoms with Gasteiger partial charge >= 0.3 is 0 Å². The lowest BCUT2D eigenvalue weighted by molar-refractivity contribution is 0.0827. The van der Waals surface area contributed by atoms with Gasteiger partial charge in [-0.05, 0) is 68.0 Å². The number of nitrogens with zero attached hydrogens (tertiary/aromatic N) is 1. The van der Waals surface area contributed by atoms with Crippen LogP contribution in [0.25, 0.3) is 0 Å². The Labute approximate surface area is 178 Å². The highest BCUT2D eigenvalue weighted by atomic mass is 16.5. The normalized spacial score (nSPS) is 19.1. The summed E-state index contributed by atoms with van der Waals surface area (Å²) in [6, 6.07) is 9.82. The number of rotatable bonds is 7. The lowest BCUT2D eigenvalue weighted by Gasteiger charge is -2.35. The second kappa shape index (κ2) is 8.66. The van der Waals surface area contributed by atoms with E-state index in [0.29, 0.717) is 24.7 Å². The van der Waals surface area contributed by atoms with Crippen LogP contribution >= 0.6 is 0 Å². The van der Waals surface area contributed by atoms with Gasteiger partial charge in [0.25, 0.3) is 0 Å². The Hall–Kier alpha value is -2.56. The quantitative estimate of drug-likeness (QED) is 0.388. The Balaban J connectivity index is 1.51. The molecule has 0 saturated carbocycles. The molecule has 0 aliphatic carbocycles. The van der Waals surface area contributed by atoms with Crippen LogP contribution in [0.5, 0.6) is 17.2 Å². The first-order chi connectivity index (χ1) is 14.5. The number of hydrogen-bond acceptors (Lipinski definition) is 5. The number of nitroso groups, excluding NO2 is 1. The summed E-state index contributed by atoms with van der Waals surface area (Å²) in [6.45, 7) is 7.60. The molecule has 160 valence electrons. The van der Waals surface area contributed by atoms with Crippen molar-refractivity contribution >= 4 is 5.69 Å². The molecule has 1 atom stereocenters. The van der Waals surface area contributed by atoms with Crippen LogP contribution in [0.15, 0.2) is 35.5 Å². The Morgan fingerprint density at radius 3 is 2.87 bits per heavy atom. The number of ether oxygens (including phenoxy) is 3. The van der Waals surface area contributed by atoms with Gasteiger partial charge in [-0.2, -0.15) is 0 Å². The first kappa shape index (κ1) is 20.7. The third kappa shape index (κ3) is 4.30. The van der Waals surface area contributed by atoms with E-state index >= 15 is 0 Å². The van der Waals surface area contributed by atoms with Crippen molar-refractivity contribution in [1.29, 1.82) is 0 Å². The Morgan fingerprint density at radius 2 is 2.07 bits per heavy atom. The van der Waals surface area contributed by atoms with E-state index in [1.54, 1.807) is 6.07 Å². The van der Waals surface area contributed by atoms with Gasteiger partial charge in [-0.3, -0.25) is 0 Å². The molecule has 30 heavy (non-hydrogen) atoms. The van der Waals surface area contributed by atoms with Gasteiger partial charge in [0.05, 0.1) is 13.2 Å². The third-order valence-electron chi connectivity index (χ3n) is 6.11. The van der Waals surface area contributed by atoms with Crippen molar-refractivity contribution < 1.29 is 14.2 Å². The summed E-state index contributed by atoms with van der Waals surface area (Å²) < 4.78 is 18.2. The largest absolute Gasteiger partial charge is 0.494 e. The zero-order valence-electron chi connectivity index (χ0n) is 18.2. The summed E-state index contributed by atoms with van der Waals surface area (Å²) in [6.07, 6.45) is 6.07.